The Hall–Kier alpha value is -1.00. The normalized spacial score (nSPS) is 12.1. The minimum absolute atomic E-state index is 0.0223. The molecule has 0 aromatic heterocycles. The molecule has 0 heterocycles. The first-order valence-corrected chi connectivity index (χ1v) is 6.30. The zero-order valence-corrected chi connectivity index (χ0v) is 10.5. The zero-order chi connectivity index (χ0) is 11.8. The minimum atomic E-state index is 0.0223. The molecule has 1 atom stereocenters. The molecule has 0 bridgehead atoms. The van der Waals surface area contributed by atoms with Gasteiger partial charge >= 0.3 is 0 Å². The molecule has 0 N–H and O–H groups in total. The van der Waals surface area contributed by atoms with E-state index in [-0.39, 0.29) is 5.92 Å². The van der Waals surface area contributed by atoms with Gasteiger partial charge in [-0.15, -0.1) is 0 Å². The zero-order valence-electron chi connectivity index (χ0n) is 9.75. The highest BCUT2D eigenvalue weighted by Crippen LogP contribution is 2.23. The van der Waals surface area contributed by atoms with E-state index in [2.05, 4.69) is 13.0 Å². The lowest BCUT2D eigenvalue weighted by Gasteiger charge is -2.09. The molecule has 1 aromatic carbocycles. The van der Waals surface area contributed by atoms with Crippen LogP contribution >= 0.6 is 11.6 Å². The number of unbranched alkanes of at least 4 members (excludes halogenated alkanes) is 3. The summed E-state index contributed by atoms with van der Waals surface area (Å²) in [4.78, 5) is 0. The predicted molar refractivity (Wildman–Crippen MR) is 68.6 cm³/mol. The van der Waals surface area contributed by atoms with E-state index in [0.29, 0.717) is 0 Å². The molecule has 0 aliphatic rings. The van der Waals surface area contributed by atoms with Crippen molar-refractivity contribution in [1.29, 1.82) is 5.26 Å². The largest absolute Gasteiger partial charge is 0.198 e. The third kappa shape index (κ3) is 4.24. The van der Waals surface area contributed by atoms with E-state index in [4.69, 9.17) is 16.9 Å². The summed E-state index contributed by atoms with van der Waals surface area (Å²) >= 11 is 5.82. The average molecular weight is 236 g/mol. The topological polar surface area (TPSA) is 23.8 Å². The van der Waals surface area contributed by atoms with Gasteiger partial charge in [-0.05, 0) is 24.1 Å². The number of benzene rings is 1. The van der Waals surface area contributed by atoms with E-state index in [1.807, 2.05) is 24.3 Å². The van der Waals surface area contributed by atoms with Crippen LogP contribution in [0.5, 0.6) is 0 Å². The molecular formula is C14H18ClN. The second-order valence-corrected chi connectivity index (χ2v) is 4.52. The number of hydrogen-bond donors (Lipinski definition) is 0. The summed E-state index contributed by atoms with van der Waals surface area (Å²) < 4.78 is 0. The summed E-state index contributed by atoms with van der Waals surface area (Å²) in [6.07, 6.45) is 5.81. The molecule has 1 unspecified atom stereocenters. The van der Waals surface area contributed by atoms with Crippen molar-refractivity contribution < 1.29 is 0 Å². The SMILES string of the molecule is CCCCCCC(C#N)c1ccc(Cl)cc1. The molecule has 0 fully saturated rings. The van der Waals surface area contributed by atoms with Crippen LogP contribution in [-0.4, -0.2) is 0 Å². The fourth-order valence-electron chi connectivity index (χ4n) is 1.78. The average Bonchev–Trinajstić information content (AvgIpc) is 2.31. The maximum Gasteiger partial charge on any atom is 0.0712 e. The molecule has 2 heteroatoms. The molecule has 0 saturated carbocycles. The lowest BCUT2D eigenvalue weighted by Crippen LogP contribution is -1.95. The number of rotatable bonds is 6. The van der Waals surface area contributed by atoms with Crippen molar-refractivity contribution in [3.05, 3.63) is 34.9 Å². The van der Waals surface area contributed by atoms with Crippen LogP contribution < -0.4 is 0 Å². The highest BCUT2D eigenvalue weighted by Gasteiger charge is 2.09. The Bertz CT molecular complexity index is 337. The molecule has 0 spiro atoms. The molecule has 0 aliphatic carbocycles. The van der Waals surface area contributed by atoms with E-state index in [1.54, 1.807) is 0 Å². The first-order chi connectivity index (χ1) is 7.77. The van der Waals surface area contributed by atoms with Crippen molar-refractivity contribution in [3.8, 4) is 6.07 Å². The van der Waals surface area contributed by atoms with Gasteiger partial charge in [0.1, 0.15) is 0 Å². The van der Waals surface area contributed by atoms with Gasteiger partial charge < -0.3 is 0 Å². The maximum absolute atomic E-state index is 9.12. The first-order valence-electron chi connectivity index (χ1n) is 5.93. The molecule has 1 rings (SSSR count). The molecule has 1 aromatic rings. The van der Waals surface area contributed by atoms with Crippen LogP contribution in [0.15, 0.2) is 24.3 Å². The lowest BCUT2D eigenvalue weighted by molar-refractivity contribution is 0.608. The van der Waals surface area contributed by atoms with Crippen LogP contribution in [0.4, 0.5) is 0 Å². The summed E-state index contributed by atoms with van der Waals surface area (Å²) in [7, 11) is 0. The van der Waals surface area contributed by atoms with Crippen LogP contribution in [0.1, 0.15) is 50.5 Å². The van der Waals surface area contributed by atoms with Crippen LogP contribution in [0, 0.1) is 11.3 Å². The second kappa shape index (κ2) is 7.30. The van der Waals surface area contributed by atoms with Gasteiger partial charge in [0.15, 0.2) is 0 Å². The molecular weight excluding hydrogens is 218 g/mol. The van der Waals surface area contributed by atoms with E-state index in [9.17, 15) is 0 Å². The molecule has 0 saturated heterocycles. The van der Waals surface area contributed by atoms with Crippen molar-refractivity contribution in [2.24, 2.45) is 0 Å². The summed E-state index contributed by atoms with van der Waals surface area (Å²) in [5.41, 5.74) is 1.09. The monoisotopic (exact) mass is 235 g/mol. The van der Waals surface area contributed by atoms with Gasteiger partial charge in [-0.2, -0.15) is 5.26 Å². The highest BCUT2D eigenvalue weighted by atomic mass is 35.5. The summed E-state index contributed by atoms with van der Waals surface area (Å²) in [5, 5.41) is 9.85. The van der Waals surface area contributed by atoms with Crippen LogP contribution in [0.25, 0.3) is 0 Å². The third-order valence-corrected chi connectivity index (χ3v) is 3.03. The number of nitriles is 1. The fourth-order valence-corrected chi connectivity index (χ4v) is 1.90. The third-order valence-electron chi connectivity index (χ3n) is 2.77. The Morgan fingerprint density at radius 1 is 1.19 bits per heavy atom. The molecule has 0 radical (unpaired) electrons. The van der Waals surface area contributed by atoms with Gasteiger partial charge in [0.2, 0.25) is 0 Å². The van der Waals surface area contributed by atoms with Gasteiger partial charge in [-0.25, -0.2) is 0 Å². The second-order valence-electron chi connectivity index (χ2n) is 4.08. The van der Waals surface area contributed by atoms with E-state index in [0.717, 1.165) is 23.4 Å². The smallest absolute Gasteiger partial charge is 0.0712 e. The Labute approximate surface area is 103 Å². The summed E-state index contributed by atoms with van der Waals surface area (Å²) in [6.45, 7) is 2.20. The standard InChI is InChI=1S/C14H18ClN/c1-2-3-4-5-6-13(11-16)12-7-9-14(15)10-8-12/h7-10,13H,2-6H2,1H3. The molecule has 0 aliphatic heterocycles. The summed E-state index contributed by atoms with van der Waals surface area (Å²) in [6, 6.07) is 9.99. The summed E-state index contributed by atoms with van der Waals surface area (Å²) in [5.74, 6) is 0.0223. The van der Waals surface area contributed by atoms with Crippen molar-refractivity contribution >= 4 is 11.6 Å². The molecule has 86 valence electrons. The van der Waals surface area contributed by atoms with E-state index < -0.39 is 0 Å². The molecule has 0 amide bonds. The Balaban J connectivity index is 2.48. The molecule has 1 nitrogen and oxygen atoms in total. The van der Waals surface area contributed by atoms with Crippen LogP contribution in [0.2, 0.25) is 5.02 Å². The van der Waals surface area contributed by atoms with Crippen molar-refractivity contribution in [2.45, 2.75) is 44.9 Å². The first kappa shape index (κ1) is 13.1. The van der Waals surface area contributed by atoms with Gasteiger partial charge in [-0.1, -0.05) is 56.3 Å². The number of nitrogens with zero attached hydrogens (tertiary/aromatic N) is 1. The van der Waals surface area contributed by atoms with Crippen molar-refractivity contribution in [3.63, 3.8) is 0 Å². The Kier molecular flexibility index (Phi) is 5.96. The van der Waals surface area contributed by atoms with Gasteiger partial charge in [0.05, 0.1) is 12.0 Å². The number of halogens is 1. The van der Waals surface area contributed by atoms with Gasteiger partial charge in [-0.3, -0.25) is 0 Å². The molecule has 16 heavy (non-hydrogen) atoms. The fraction of sp³-hybridized carbons (Fsp3) is 0.500. The van der Waals surface area contributed by atoms with Crippen molar-refractivity contribution in [1.82, 2.24) is 0 Å². The maximum atomic E-state index is 9.12. The minimum Gasteiger partial charge on any atom is -0.198 e. The van der Waals surface area contributed by atoms with E-state index in [1.165, 1.54) is 19.3 Å². The van der Waals surface area contributed by atoms with Crippen LogP contribution in [-0.2, 0) is 0 Å². The van der Waals surface area contributed by atoms with Gasteiger partial charge in [0, 0.05) is 5.02 Å². The highest BCUT2D eigenvalue weighted by molar-refractivity contribution is 6.30. The lowest BCUT2D eigenvalue weighted by atomic mass is 9.94. The van der Waals surface area contributed by atoms with Crippen LogP contribution in [0.3, 0.4) is 0 Å². The Morgan fingerprint density at radius 2 is 1.88 bits per heavy atom. The predicted octanol–water partition coefficient (Wildman–Crippen LogP) is 4.92. The quantitative estimate of drug-likeness (QED) is 0.643. The number of hydrogen-bond acceptors (Lipinski definition) is 1. The van der Waals surface area contributed by atoms with Crippen molar-refractivity contribution in [2.75, 3.05) is 0 Å². The van der Waals surface area contributed by atoms with Gasteiger partial charge in [0.25, 0.3) is 0 Å². The van der Waals surface area contributed by atoms with E-state index >= 15 is 0 Å². The Morgan fingerprint density at radius 3 is 2.44 bits per heavy atom.